The third-order valence-electron chi connectivity index (χ3n) is 3.62. The lowest BCUT2D eigenvalue weighted by Crippen LogP contribution is -2.23. The van der Waals surface area contributed by atoms with Crippen molar-refractivity contribution >= 4 is 22.7 Å². The standard InChI is InChI=1S/C17H16N4O2/c1-18-16(22)12-7-5-11(6-8-12)9-19-17(23)14-4-2-3-13-10-20-21-15(13)14/h2-8,10H,9H2,1H3,(H,18,22)(H,19,23)(H,20,21). The lowest BCUT2D eigenvalue weighted by atomic mass is 10.1. The van der Waals surface area contributed by atoms with Gasteiger partial charge in [0.15, 0.2) is 0 Å². The highest BCUT2D eigenvalue weighted by Crippen LogP contribution is 2.15. The first kappa shape index (κ1) is 14.8. The number of H-pyrrole nitrogens is 1. The normalized spacial score (nSPS) is 10.5. The molecule has 0 aliphatic heterocycles. The maximum absolute atomic E-state index is 12.3. The van der Waals surface area contributed by atoms with Crippen molar-refractivity contribution in [2.24, 2.45) is 0 Å². The number of amides is 2. The van der Waals surface area contributed by atoms with Crippen LogP contribution in [0.4, 0.5) is 0 Å². The van der Waals surface area contributed by atoms with Gasteiger partial charge in [-0.25, -0.2) is 0 Å². The average Bonchev–Trinajstić information content (AvgIpc) is 3.08. The highest BCUT2D eigenvalue weighted by molar-refractivity contribution is 6.05. The fourth-order valence-corrected chi connectivity index (χ4v) is 2.35. The number of aromatic amines is 1. The van der Waals surface area contributed by atoms with Crippen LogP contribution in [0.1, 0.15) is 26.3 Å². The molecule has 0 radical (unpaired) electrons. The predicted octanol–water partition coefficient (Wildman–Crippen LogP) is 1.85. The van der Waals surface area contributed by atoms with Crippen LogP contribution in [0, 0.1) is 0 Å². The van der Waals surface area contributed by atoms with E-state index in [0.29, 0.717) is 17.7 Å². The zero-order chi connectivity index (χ0) is 16.2. The van der Waals surface area contributed by atoms with Crippen molar-refractivity contribution in [3.05, 3.63) is 65.4 Å². The highest BCUT2D eigenvalue weighted by Gasteiger charge is 2.11. The molecule has 2 aromatic carbocycles. The molecule has 1 aromatic heterocycles. The Labute approximate surface area is 132 Å². The molecule has 3 aromatic rings. The molecule has 6 nitrogen and oxygen atoms in total. The molecule has 0 aliphatic rings. The number of para-hydroxylation sites is 1. The first-order valence-corrected chi connectivity index (χ1v) is 7.20. The summed E-state index contributed by atoms with van der Waals surface area (Å²) >= 11 is 0. The predicted molar refractivity (Wildman–Crippen MR) is 87.1 cm³/mol. The number of carbonyl (C=O) groups is 2. The van der Waals surface area contributed by atoms with Gasteiger partial charge in [-0.1, -0.05) is 24.3 Å². The molecule has 0 bridgehead atoms. The van der Waals surface area contributed by atoms with Crippen molar-refractivity contribution in [2.75, 3.05) is 7.05 Å². The zero-order valence-electron chi connectivity index (χ0n) is 12.6. The number of aromatic nitrogens is 2. The zero-order valence-corrected chi connectivity index (χ0v) is 12.6. The van der Waals surface area contributed by atoms with E-state index in [2.05, 4.69) is 20.8 Å². The van der Waals surface area contributed by atoms with Crippen molar-refractivity contribution in [3.8, 4) is 0 Å². The second kappa shape index (κ2) is 6.31. The largest absolute Gasteiger partial charge is 0.355 e. The summed E-state index contributed by atoms with van der Waals surface area (Å²) in [7, 11) is 1.59. The summed E-state index contributed by atoms with van der Waals surface area (Å²) in [6.45, 7) is 0.386. The van der Waals surface area contributed by atoms with Crippen LogP contribution < -0.4 is 10.6 Å². The van der Waals surface area contributed by atoms with Crippen LogP contribution in [-0.4, -0.2) is 29.1 Å². The third kappa shape index (κ3) is 3.06. The minimum Gasteiger partial charge on any atom is -0.355 e. The molecule has 0 aliphatic carbocycles. The number of hydrogen-bond acceptors (Lipinski definition) is 3. The maximum Gasteiger partial charge on any atom is 0.253 e. The minimum atomic E-state index is -0.171. The first-order valence-electron chi connectivity index (χ1n) is 7.20. The Morgan fingerprint density at radius 1 is 1.09 bits per heavy atom. The van der Waals surface area contributed by atoms with E-state index in [4.69, 9.17) is 0 Å². The SMILES string of the molecule is CNC(=O)c1ccc(CNC(=O)c2cccc3cn[nH]c23)cc1. The van der Waals surface area contributed by atoms with Gasteiger partial charge < -0.3 is 10.6 Å². The van der Waals surface area contributed by atoms with Crippen molar-refractivity contribution in [3.63, 3.8) is 0 Å². The molecule has 3 rings (SSSR count). The summed E-state index contributed by atoms with van der Waals surface area (Å²) in [6, 6.07) is 12.6. The Morgan fingerprint density at radius 3 is 2.61 bits per heavy atom. The molecule has 1 heterocycles. The van der Waals surface area contributed by atoms with Gasteiger partial charge in [0, 0.05) is 24.5 Å². The molecule has 2 amide bonds. The molecule has 0 unspecified atom stereocenters. The molecule has 0 spiro atoms. The van der Waals surface area contributed by atoms with Crippen LogP contribution in [0.15, 0.2) is 48.7 Å². The van der Waals surface area contributed by atoms with E-state index in [1.807, 2.05) is 24.3 Å². The lowest BCUT2D eigenvalue weighted by molar-refractivity contribution is 0.0947. The number of carbonyl (C=O) groups excluding carboxylic acids is 2. The molecule has 0 atom stereocenters. The van der Waals surface area contributed by atoms with Crippen LogP contribution in [0.2, 0.25) is 0 Å². The summed E-state index contributed by atoms with van der Waals surface area (Å²) in [5.74, 6) is -0.304. The van der Waals surface area contributed by atoms with Crippen LogP contribution in [0.25, 0.3) is 10.9 Å². The summed E-state index contributed by atoms with van der Waals surface area (Å²) in [5.41, 5.74) is 2.79. The van der Waals surface area contributed by atoms with Crippen molar-refractivity contribution in [1.82, 2.24) is 20.8 Å². The van der Waals surface area contributed by atoms with Crippen LogP contribution in [0.5, 0.6) is 0 Å². The Hall–Kier alpha value is -3.15. The monoisotopic (exact) mass is 308 g/mol. The van der Waals surface area contributed by atoms with Gasteiger partial charge >= 0.3 is 0 Å². The van der Waals surface area contributed by atoms with E-state index in [1.165, 1.54) is 0 Å². The van der Waals surface area contributed by atoms with E-state index in [1.54, 1.807) is 31.4 Å². The van der Waals surface area contributed by atoms with Gasteiger partial charge in [-0.2, -0.15) is 5.10 Å². The number of fused-ring (bicyclic) bond motifs is 1. The number of benzene rings is 2. The fraction of sp³-hybridized carbons (Fsp3) is 0.118. The maximum atomic E-state index is 12.3. The Morgan fingerprint density at radius 2 is 1.87 bits per heavy atom. The van der Waals surface area contributed by atoms with Crippen LogP contribution in [-0.2, 0) is 6.54 Å². The molecule has 3 N–H and O–H groups in total. The fourth-order valence-electron chi connectivity index (χ4n) is 2.35. The van der Waals surface area contributed by atoms with Crippen LogP contribution in [0.3, 0.4) is 0 Å². The second-order valence-corrected chi connectivity index (χ2v) is 5.10. The Bertz CT molecular complexity index is 852. The van der Waals surface area contributed by atoms with Gasteiger partial charge in [-0.05, 0) is 23.8 Å². The van der Waals surface area contributed by atoms with Crippen molar-refractivity contribution < 1.29 is 9.59 Å². The molecule has 0 saturated carbocycles. The van der Waals surface area contributed by atoms with Crippen molar-refractivity contribution in [1.29, 1.82) is 0 Å². The van der Waals surface area contributed by atoms with Crippen molar-refractivity contribution in [2.45, 2.75) is 6.54 Å². The summed E-state index contributed by atoms with van der Waals surface area (Å²) in [5, 5.41) is 13.1. The van der Waals surface area contributed by atoms with E-state index in [-0.39, 0.29) is 11.8 Å². The molecule has 6 heteroatoms. The van der Waals surface area contributed by atoms with Gasteiger partial charge in [0.1, 0.15) is 0 Å². The van der Waals surface area contributed by atoms with E-state index >= 15 is 0 Å². The minimum absolute atomic E-state index is 0.133. The van der Waals surface area contributed by atoms with Gasteiger partial charge in [-0.15, -0.1) is 0 Å². The number of rotatable bonds is 4. The Balaban J connectivity index is 1.69. The Kier molecular flexibility index (Phi) is 4.05. The summed E-state index contributed by atoms with van der Waals surface area (Å²) in [6.07, 6.45) is 1.68. The molecular weight excluding hydrogens is 292 g/mol. The molecule has 0 saturated heterocycles. The number of hydrogen-bond donors (Lipinski definition) is 3. The highest BCUT2D eigenvalue weighted by atomic mass is 16.2. The smallest absolute Gasteiger partial charge is 0.253 e. The molecular formula is C17H16N4O2. The van der Waals surface area contributed by atoms with Gasteiger partial charge in [0.25, 0.3) is 11.8 Å². The topological polar surface area (TPSA) is 86.9 Å². The van der Waals surface area contributed by atoms with E-state index in [0.717, 1.165) is 16.5 Å². The molecule has 0 fully saturated rings. The average molecular weight is 308 g/mol. The summed E-state index contributed by atoms with van der Waals surface area (Å²) < 4.78 is 0. The quantitative estimate of drug-likeness (QED) is 0.687. The van der Waals surface area contributed by atoms with Gasteiger partial charge in [0.2, 0.25) is 0 Å². The number of nitrogens with zero attached hydrogens (tertiary/aromatic N) is 1. The van der Waals surface area contributed by atoms with Gasteiger partial charge in [0.05, 0.1) is 17.3 Å². The molecule has 116 valence electrons. The van der Waals surface area contributed by atoms with Gasteiger partial charge in [-0.3, -0.25) is 14.7 Å². The van der Waals surface area contributed by atoms with E-state index in [9.17, 15) is 9.59 Å². The first-order chi connectivity index (χ1) is 11.2. The summed E-state index contributed by atoms with van der Waals surface area (Å²) in [4.78, 5) is 23.8. The number of nitrogens with one attached hydrogen (secondary N) is 3. The third-order valence-corrected chi connectivity index (χ3v) is 3.62. The van der Waals surface area contributed by atoms with Crippen LogP contribution >= 0.6 is 0 Å². The molecule has 23 heavy (non-hydrogen) atoms. The second-order valence-electron chi connectivity index (χ2n) is 5.10. The lowest BCUT2D eigenvalue weighted by Gasteiger charge is -2.07. The van der Waals surface area contributed by atoms with E-state index < -0.39 is 0 Å².